The molecule has 0 bridgehead atoms. The lowest BCUT2D eigenvalue weighted by molar-refractivity contribution is 0.437. The average molecular weight is 425 g/mol. The normalized spacial score (nSPS) is 11.5. The van der Waals surface area contributed by atoms with E-state index in [2.05, 4.69) is 86.5 Å². The third-order valence-corrected chi connectivity index (χ3v) is 7.90. The molecule has 2 aromatic carbocycles. The molecule has 0 heterocycles. The predicted octanol–water partition coefficient (Wildman–Crippen LogP) is 5.79. The van der Waals surface area contributed by atoms with Gasteiger partial charge in [0.25, 0.3) is 0 Å². The molecule has 0 unspecified atom stereocenters. The van der Waals surface area contributed by atoms with Crippen LogP contribution in [0.15, 0.2) is 68.1 Å². The van der Waals surface area contributed by atoms with Crippen LogP contribution >= 0.6 is 45.1 Å². The molecule has 0 fully saturated rings. The number of benzene rings is 2. The average Bonchev–Trinajstić information content (AvgIpc) is 2.61. The van der Waals surface area contributed by atoms with Gasteiger partial charge in [0.15, 0.2) is 0 Å². The molecule has 0 amide bonds. The molecule has 0 saturated heterocycles. The first-order valence-electron chi connectivity index (χ1n) is 8.62. The highest BCUT2D eigenvalue weighted by molar-refractivity contribution is 8.76. The van der Waals surface area contributed by atoms with E-state index in [1.807, 2.05) is 45.1 Å². The van der Waals surface area contributed by atoms with Gasteiger partial charge in [-0.25, -0.2) is 0 Å². The van der Waals surface area contributed by atoms with Crippen molar-refractivity contribution in [1.29, 1.82) is 0 Å². The van der Waals surface area contributed by atoms with Crippen LogP contribution < -0.4 is 0 Å². The smallest absolute Gasteiger partial charge is 0.0187 e. The summed E-state index contributed by atoms with van der Waals surface area (Å²) in [4.78, 5) is 9.74. The molecule has 142 valence electrons. The van der Waals surface area contributed by atoms with E-state index in [9.17, 15) is 0 Å². The Labute approximate surface area is 175 Å². The zero-order valence-electron chi connectivity index (χ0n) is 16.0. The SMILES string of the molecule is CN(C)CCSc1ccc(SSc2ccc(SCCN(C)C)cc2)cc1. The second kappa shape index (κ2) is 12.3. The van der Waals surface area contributed by atoms with Crippen molar-refractivity contribution in [3.8, 4) is 0 Å². The Bertz CT molecular complexity index is 570. The molecule has 0 aliphatic carbocycles. The van der Waals surface area contributed by atoms with Gasteiger partial charge in [-0.1, -0.05) is 21.6 Å². The van der Waals surface area contributed by atoms with Gasteiger partial charge in [-0.05, 0) is 76.7 Å². The van der Waals surface area contributed by atoms with Crippen LogP contribution in [0.3, 0.4) is 0 Å². The fourth-order valence-corrected chi connectivity index (χ4v) is 5.94. The quantitative estimate of drug-likeness (QED) is 0.330. The molecule has 0 aromatic heterocycles. The Kier molecular flexibility index (Phi) is 10.4. The second-order valence-corrected chi connectivity index (χ2v) is 11.0. The summed E-state index contributed by atoms with van der Waals surface area (Å²) in [6.45, 7) is 2.22. The summed E-state index contributed by atoms with van der Waals surface area (Å²) in [6, 6.07) is 17.8. The number of hydrogen-bond donors (Lipinski definition) is 0. The zero-order valence-corrected chi connectivity index (χ0v) is 19.2. The number of rotatable bonds is 11. The number of thioether (sulfide) groups is 2. The first kappa shape index (κ1) is 22.1. The summed E-state index contributed by atoms with van der Waals surface area (Å²) in [5.74, 6) is 2.26. The van der Waals surface area contributed by atoms with Gasteiger partial charge < -0.3 is 9.80 Å². The first-order chi connectivity index (χ1) is 12.5. The van der Waals surface area contributed by atoms with Crippen molar-refractivity contribution < 1.29 is 0 Å². The minimum absolute atomic E-state index is 1.11. The summed E-state index contributed by atoms with van der Waals surface area (Å²) < 4.78 is 0. The maximum absolute atomic E-state index is 2.23. The Morgan fingerprint density at radius 2 is 0.846 bits per heavy atom. The Balaban J connectivity index is 1.74. The Hall–Kier alpha value is -0.240. The molecule has 0 radical (unpaired) electrons. The van der Waals surface area contributed by atoms with E-state index in [1.54, 1.807) is 0 Å². The summed E-state index contributed by atoms with van der Waals surface area (Å²) in [6.07, 6.45) is 0. The molecule has 0 aliphatic heterocycles. The van der Waals surface area contributed by atoms with Crippen molar-refractivity contribution >= 4 is 45.1 Å². The summed E-state index contributed by atoms with van der Waals surface area (Å²) in [5, 5.41) is 0. The van der Waals surface area contributed by atoms with Gasteiger partial charge in [0.05, 0.1) is 0 Å². The van der Waals surface area contributed by atoms with Crippen molar-refractivity contribution in [3.05, 3.63) is 48.5 Å². The highest BCUT2D eigenvalue weighted by atomic mass is 33.1. The fraction of sp³-hybridized carbons (Fsp3) is 0.400. The molecule has 0 N–H and O–H groups in total. The standard InChI is InChI=1S/C20H28N2S4/c1-21(2)13-15-23-17-5-9-19(10-6-17)25-26-20-11-7-18(8-12-20)24-16-14-22(3)4/h5-12H,13-16H2,1-4H3. The highest BCUT2D eigenvalue weighted by Crippen LogP contribution is 2.38. The molecule has 0 spiro atoms. The number of hydrogen-bond acceptors (Lipinski definition) is 6. The maximum atomic E-state index is 2.23. The van der Waals surface area contributed by atoms with E-state index in [0.717, 1.165) is 24.6 Å². The van der Waals surface area contributed by atoms with Crippen LogP contribution in [-0.2, 0) is 0 Å². The van der Waals surface area contributed by atoms with Crippen LogP contribution in [0.25, 0.3) is 0 Å². The second-order valence-electron chi connectivity index (χ2n) is 6.41. The predicted molar refractivity (Wildman–Crippen MR) is 123 cm³/mol. The zero-order chi connectivity index (χ0) is 18.8. The Morgan fingerprint density at radius 3 is 1.15 bits per heavy atom. The van der Waals surface area contributed by atoms with Crippen LogP contribution in [0, 0.1) is 0 Å². The van der Waals surface area contributed by atoms with Crippen molar-refractivity contribution in [2.24, 2.45) is 0 Å². The van der Waals surface area contributed by atoms with Crippen molar-refractivity contribution in [2.45, 2.75) is 19.6 Å². The maximum Gasteiger partial charge on any atom is 0.0187 e. The lowest BCUT2D eigenvalue weighted by atomic mass is 10.4. The molecule has 0 aliphatic rings. The summed E-state index contributed by atoms with van der Waals surface area (Å²) >= 11 is 3.84. The Morgan fingerprint density at radius 1 is 0.538 bits per heavy atom. The van der Waals surface area contributed by atoms with Gasteiger partial charge in [0.2, 0.25) is 0 Å². The lowest BCUT2D eigenvalue weighted by Crippen LogP contribution is -2.14. The van der Waals surface area contributed by atoms with Crippen LogP contribution in [-0.4, -0.2) is 62.6 Å². The van der Waals surface area contributed by atoms with Gasteiger partial charge >= 0.3 is 0 Å². The lowest BCUT2D eigenvalue weighted by Gasteiger charge is -2.09. The van der Waals surface area contributed by atoms with Gasteiger partial charge in [0, 0.05) is 44.2 Å². The van der Waals surface area contributed by atoms with Crippen LogP contribution in [0.4, 0.5) is 0 Å². The van der Waals surface area contributed by atoms with Crippen molar-refractivity contribution in [2.75, 3.05) is 52.8 Å². The van der Waals surface area contributed by atoms with E-state index in [4.69, 9.17) is 0 Å². The third-order valence-electron chi connectivity index (χ3n) is 3.50. The molecule has 26 heavy (non-hydrogen) atoms. The highest BCUT2D eigenvalue weighted by Gasteiger charge is 2.01. The minimum Gasteiger partial charge on any atom is -0.309 e. The van der Waals surface area contributed by atoms with E-state index in [0.29, 0.717) is 0 Å². The van der Waals surface area contributed by atoms with Crippen LogP contribution in [0.1, 0.15) is 0 Å². The fourth-order valence-electron chi connectivity index (χ4n) is 1.97. The summed E-state index contributed by atoms with van der Waals surface area (Å²) in [7, 11) is 12.1. The molecule has 2 rings (SSSR count). The molecular formula is C20H28N2S4. The topological polar surface area (TPSA) is 6.48 Å². The molecule has 2 aromatic rings. The van der Waals surface area contributed by atoms with Crippen LogP contribution in [0.2, 0.25) is 0 Å². The van der Waals surface area contributed by atoms with E-state index in [1.165, 1.54) is 19.6 Å². The third kappa shape index (κ3) is 9.11. The van der Waals surface area contributed by atoms with Gasteiger partial charge in [-0.3, -0.25) is 0 Å². The first-order valence-corrected chi connectivity index (χ1v) is 12.7. The van der Waals surface area contributed by atoms with Gasteiger partial charge in [0.1, 0.15) is 0 Å². The number of nitrogens with zero attached hydrogens (tertiary/aromatic N) is 2. The molecule has 2 nitrogen and oxygen atoms in total. The monoisotopic (exact) mass is 424 g/mol. The van der Waals surface area contributed by atoms with E-state index in [-0.39, 0.29) is 0 Å². The van der Waals surface area contributed by atoms with E-state index < -0.39 is 0 Å². The molecule has 6 heteroatoms. The van der Waals surface area contributed by atoms with E-state index >= 15 is 0 Å². The minimum atomic E-state index is 1.11. The molecule has 0 atom stereocenters. The molecular weight excluding hydrogens is 397 g/mol. The van der Waals surface area contributed by atoms with Gasteiger partial charge in [-0.15, -0.1) is 23.5 Å². The van der Waals surface area contributed by atoms with Crippen LogP contribution in [0.5, 0.6) is 0 Å². The van der Waals surface area contributed by atoms with Crippen molar-refractivity contribution in [3.63, 3.8) is 0 Å². The molecule has 0 saturated carbocycles. The summed E-state index contributed by atoms with van der Waals surface area (Å²) in [5.41, 5.74) is 0. The largest absolute Gasteiger partial charge is 0.309 e. The van der Waals surface area contributed by atoms with Gasteiger partial charge in [-0.2, -0.15) is 0 Å². The van der Waals surface area contributed by atoms with Crippen molar-refractivity contribution in [1.82, 2.24) is 9.80 Å².